The molecule has 2 nitrogen and oxygen atoms in total. The third kappa shape index (κ3) is 4.32. The van der Waals surface area contributed by atoms with Crippen LogP contribution in [0.4, 0.5) is 0 Å². The van der Waals surface area contributed by atoms with Gasteiger partial charge in [-0.05, 0) is 52.6 Å². The average molecular weight is 427 g/mol. The van der Waals surface area contributed by atoms with Crippen LogP contribution in [0.2, 0.25) is 0 Å². The highest BCUT2D eigenvalue weighted by Gasteiger charge is 2.19. The van der Waals surface area contributed by atoms with Crippen molar-refractivity contribution in [2.75, 3.05) is 0 Å². The van der Waals surface area contributed by atoms with E-state index in [0.29, 0.717) is 11.3 Å². The van der Waals surface area contributed by atoms with Gasteiger partial charge in [0.1, 0.15) is 17.8 Å². The van der Waals surface area contributed by atoms with E-state index in [1.165, 1.54) is 0 Å². The van der Waals surface area contributed by atoms with Gasteiger partial charge in [-0.25, -0.2) is 0 Å². The monoisotopic (exact) mass is 426 g/mol. The summed E-state index contributed by atoms with van der Waals surface area (Å²) in [6, 6.07) is 42.5. The van der Waals surface area contributed by atoms with Gasteiger partial charge in [0, 0.05) is 16.7 Å². The van der Waals surface area contributed by atoms with E-state index in [1.54, 1.807) is 12.1 Å². The third-order valence-corrected chi connectivity index (χ3v) is 5.62. The zero-order valence-electron chi connectivity index (χ0n) is 18.0. The first kappa shape index (κ1) is 20.5. The maximum Gasteiger partial charge on any atom is 0.150 e. The van der Waals surface area contributed by atoms with Gasteiger partial charge in [-0.2, -0.15) is 0 Å². The van der Waals surface area contributed by atoms with E-state index in [1.807, 2.05) is 48.5 Å². The summed E-state index contributed by atoms with van der Waals surface area (Å²) in [5.74, 6) is 1.45. The SMILES string of the molecule is O=Cc1ccc(Oc2ccc(-c3ccccc3)c(-c3ccccc3)c2-c2ccccc2)cc1. The fourth-order valence-corrected chi connectivity index (χ4v) is 4.06. The van der Waals surface area contributed by atoms with E-state index in [4.69, 9.17) is 4.74 Å². The van der Waals surface area contributed by atoms with Crippen molar-refractivity contribution < 1.29 is 9.53 Å². The van der Waals surface area contributed by atoms with Crippen molar-refractivity contribution in [2.24, 2.45) is 0 Å². The Labute approximate surface area is 193 Å². The highest BCUT2D eigenvalue weighted by atomic mass is 16.5. The predicted molar refractivity (Wildman–Crippen MR) is 135 cm³/mol. The standard InChI is InChI=1S/C31H22O2/c32-22-23-16-18-27(19-17-23)33-29-21-20-28(24-10-4-1-5-11-24)30(25-12-6-2-7-13-25)31(29)26-14-8-3-9-15-26/h1-22H. The summed E-state index contributed by atoms with van der Waals surface area (Å²) in [7, 11) is 0. The lowest BCUT2D eigenvalue weighted by Gasteiger charge is -2.20. The molecular formula is C31H22O2. The molecule has 0 atom stereocenters. The van der Waals surface area contributed by atoms with Crippen LogP contribution in [0.5, 0.6) is 11.5 Å². The molecule has 0 amide bonds. The number of carbonyl (C=O) groups excluding carboxylic acids is 1. The first-order valence-electron chi connectivity index (χ1n) is 10.9. The molecule has 2 heteroatoms. The molecule has 0 bridgehead atoms. The molecular weight excluding hydrogens is 404 g/mol. The molecule has 33 heavy (non-hydrogen) atoms. The largest absolute Gasteiger partial charge is 0.457 e. The average Bonchev–Trinajstić information content (AvgIpc) is 2.90. The van der Waals surface area contributed by atoms with Crippen LogP contribution in [-0.2, 0) is 0 Å². The minimum Gasteiger partial charge on any atom is -0.457 e. The summed E-state index contributed by atoms with van der Waals surface area (Å²) in [4.78, 5) is 11.0. The molecule has 0 saturated heterocycles. The van der Waals surface area contributed by atoms with Gasteiger partial charge in [-0.15, -0.1) is 0 Å². The Hall–Kier alpha value is -4.43. The zero-order valence-corrected chi connectivity index (χ0v) is 18.0. The Balaban J connectivity index is 1.77. The summed E-state index contributed by atoms with van der Waals surface area (Å²) in [6.07, 6.45) is 0.835. The Morgan fingerprint density at radius 3 is 1.55 bits per heavy atom. The normalized spacial score (nSPS) is 10.5. The first-order chi connectivity index (χ1) is 16.3. The van der Waals surface area contributed by atoms with Crippen molar-refractivity contribution >= 4 is 6.29 Å². The van der Waals surface area contributed by atoms with Gasteiger partial charge in [0.2, 0.25) is 0 Å². The van der Waals surface area contributed by atoms with Crippen LogP contribution in [0.3, 0.4) is 0 Å². The molecule has 0 spiro atoms. The molecule has 5 rings (SSSR count). The van der Waals surface area contributed by atoms with Crippen LogP contribution in [0.15, 0.2) is 127 Å². The minimum absolute atomic E-state index is 0.620. The summed E-state index contributed by atoms with van der Waals surface area (Å²) >= 11 is 0. The van der Waals surface area contributed by atoms with Crippen LogP contribution in [0.25, 0.3) is 33.4 Å². The quantitative estimate of drug-likeness (QED) is 0.255. The molecule has 5 aromatic rings. The topological polar surface area (TPSA) is 26.3 Å². The fraction of sp³-hybridized carbons (Fsp3) is 0. The maximum absolute atomic E-state index is 11.0. The van der Waals surface area contributed by atoms with Crippen molar-refractivity contribution in [1.82, 2.24) is 0 Å². The van der Waals surface area contributed by atoms with Crippen molar-refractivity contribution in [2.45, 2.75) is 0 Å². The van der Waals surface area contributed by atoms with Crippen molar-refractivity contribution in [1.29, 1.82) is 0 Å². The molecule has 0 fully saturated rings. The van der Waals surface area contributed by atoms with Gasteiger partial charge < -0.3 is 4.74 Å². The number of benzene rings is 5. The van der Waals surface area contributed by atoms with E-state index < -0.39 is 0 Å². The number of hydrogen-bond acceptors (Lipinski definition) is 2. The van der Waals surface area contributed by atoms with Crippen LogP contribution < -0.4 is 4.74 Å². The number of ether oxygens (including phenoxy) is 1. The Morgan fingerprint density at radius 2 is 1.00 bits per heavy atom. The van der Waals surface area contributed by atoms with Gasteiger partial charge in [-0.3, -0.25) is 4.79 Å². The predicted octanol–water partition coefficient (Wildman–Crippen LogP) is 8.29. The Morgan fingerprint density at radius 1 is 0.485 bits per heavy atom. The van der Waals surface area contributed by atoms with Gasteiger partial charge >= 0.3 is 0 Å². The van der Waals surface area contributed by atoms with Crippen LogP contribution >= 0.6 is 0 Å². The molecule has 158 valence electrons. The smallest absolute Gasteiger partial charge is 0.150 e. The third-order valence-electron chi connectivity index (χ3n) is 5.62. The molecule has 0 aliphatic rings. The minimum atomic E-state index is 0.620. The summed E-state index contributed by atoms with van der Waals surface area (Å²) in [5.41, 5.74) is 7.26. The van der Waals surface area contributed by atoms with E-state index in [0.717, 1.165) is 45.4 Å². The Kier molecular flexibility index (Phi) is 5.81. The van der Waals surface area contributed by atoms with Gasteiger partial charge in [-0.1, -0.05) is 97.1 Å². The molecule has 0 aliphatic carbocycles. The molecule has 0 saturated carbocycles. The molecule has 0 aromatic heterocycles. The molecule has 0 radical (unpaired) electrons. The highest BCUT2D eigenvalue weighted by molar-refractivity contribution is 5.97. The summed E-state index contributed by atoms with van der Waals surface area (Å²) < 4.78 is 6.40. The molecule has 0 N–H and O–H groups in total. The molecule has 0 aliphatic heterocycles. The van der Waals surface area contributed by atoms with Gasteiger partial charge in [0.15, 0.2) is 0 Å². The second-order valence-electron chi connectivity index (χ2n) is 7.75. The lowest BCUT2D eigenvalue weighted by Crippen LogP contribution is -1.95. The molecule has 5 aromatic carbocycles. The summed E-state index contributed by atoms with van der Waals surface area (Å²) in [5, 5.41) is 0. The molecule has 0 heterocycles. The van der Waals surface area contributed by atoms with Crippen LogP contribution in [-0.4, -0.2) is 6.29 Å². The summed E-state index contributed by atoms with van der Waals surface area (Å²) in [6.45, 7) is 0. The number of hydrogen-bond donors (Lipinski definition) is 0. The van der Waals surface area contributed by atoms with Gasteiger partial charge in [0.05, 0.1) is 0 Å². The highest BCUT2D eigenvalue weighted by Crippen LogP contribution is 2.46. The zero-order chi connectivity index (χ0) is 22.5. The number of rotatable bonds is 6. The first-order valence-corrected chi connectivity index (χ1v) is 10.9. The lowest BCUT2D eigenvalue weighted by molar-refractivity contribution is 0.112. The maximum atomic E-state index is 11.0. The Bertz CT molecular complexity index is 1360. The number of carbonyl (C=O) groups is 1. The van der Waals surface area contributed by atoms with Crippen LogP contribution in [0, 0.1) is 0 Å². The lowest BCUT2D eigenvalue weighted by atomic mass is 9.87. The fourth-order valence-electron chi connectivity index (χ4n) is 4.06. The second kappa shape index (κ2) is 9.37. The second-order valence-corrected chi connectivity index (χ2v) is 7.75. The van der Waals surface area contributed by atoms with Crippen molar-refractivity contribution in [3.8, 4) is 44.9 Å². The van der Waals surface area contributed by atoms with E-state index in [-0.39, 0.29) is 0 Å². The van der Waals surface area contributed by atoms with Crippen molar-refractivity contribution in [3.63, 3.8) is 0 Å². The van der Waals surface area contributed by atoms with E-state index >= 15 is 0 Å². The molecule has 0 unspecified atom stereocenters. The van der Waals surface area contributed by atoms with E-state index in [9.17, 15) is 4.79 Å². The number of aldehydes is 1. The van der Waals surface area contributed by atoms with Crippen molar-refractivity contribution in [3.05, 3.63) is 133 Å². The van der Waals surface area contributed by atoms with Gasteiger partial charge in [0.25, 0.3) is 0 Å². The van der Waals surface area contributed by atoms with E-state index in [2.05, 4.69) is 66.7 Å². The van der Waals surface area contributed by atoms with Crippen LogP contribution in [0.1, 0.15) is 10.4 Å².